The molecule has 2 aromatic heterocycles. The van der Waals surface area contributed by atoms with Crippen LogP contribution in [0.15, 0.2) is 12.1 Å². The van der Waals surface area contributed by atoms with Crippen LogP contribution < -0.4 is 0 Å². The molecule has 0 bridgehead atoms. The van der Waals surface area contributed by atoms with Crippen molar-refractivity contribution in [3.63, 3.8) is 0 Å². The molecule has 0 spiro atoms. The molecule has 1 aliphatic rings. The van der Waals surface area contributed by atoms with Crippen LogP contribution in [0.5, 0.6) is 0 Å². The number of rotatable bonds is 5. The Labute approximate surface area is 140 Å². The van der Waals surface area contributed by atoms with Gasteiger partial charge in [0, 0.05) is 10.3 Å². The number of hydrogen-bond donors (Lipinski definition) is 0. The third-order valence-electron chi connectivity index (χ3n) is 4.61. The van der Waals surface area contributed by atoms with Crippen molar-refractivity contribution >= 4 is 38.0 Å². The first-order chi connectivity index (χ1) is 10.7. The van der Waals surface area contributed by atoms with Gasteiger partial charge >= 0.3 is 5.97 Å². The van der Waals surface area contributed by atoms with Gasteiger partial charge in [-0.05, 0) is 50.2 Å². The molecular weight excluding hydrogens is 312 g/mol. The minimum absolute atomic E-state index is 0.120. The van der Waals surface area contributed by atoms with Crippen LogP contribution >= 0.6 is 22.7 Å². The van der Waals surface area contributed by atoms with E-state index in [-0.39, 0.29) is 12.1 Å². The highest BCUT2D eigenvalue weighted by molar-refractivity contribution is 7.39. The third-order valence-corrected chi connectivity index (χ3v) is 7.04. The van der Waals surface area contributed by atoms with Gasteiger partial charge in [-0.2, -0.15) is 0 Å². The van der Waals surface area contributed by atoms with Gasteiger partial charge in [0.05, 0.1) is 4.01 Å². The van der Waals surface area contributed by atoms with Gasteiger partial charge in [0.25, 0.3) is 0 Å². The fourth-order valence-electron chi connectivity index (χ4n) is 3.23. The van der Waals surface area contributed by atoms with Crippen LogP contribution in [0.2, 0.25) is 0 Å². The number of carbonyl (C=O) groups excluding carboxylic acids is 1. The van der Waals surface area contributed by atoms with E-state index in [1.165, 1.54) is 40.0 Å². The van der Waals surface area contributed by atoms with Crippen molar-refractivity contribution in [2.75, 3.05) is 0 Å². The molecule has 120 valence electrons. The lowest BCUT2D eigenvalue weighted by atomic mass is 9.86. The van der Waals surface area contributed by atoms with Crippen molar-refractivity contribution in [1.29, 1.82) is 0 Å². The smallest absolute Gasteiger partial charge is 0.348 e. The van der Waals surface area contributed by atoms with E-state index in [2.05, 4.69) is 19.9 Å². The van der Waals surface area contributed by atoms with Gasteiger partial charge in [0.1, 0.15) is 11.0 Å². The van der Waals surface area contributed by atoms with E-state index >= 15 is 0 Å². The first-order valence-corrected chi connectivity index (χ1v) is 10.1. The molecule has 2 nitrogen and oxygen atoms in total. The van der Waals surface area contributed by atoms with Crippen molar-refractivity contribution in [2.45, 2.75) is 64.9 Å². The molecule has 1 saturated carbocycles. The predicted molar refractivity (Wildman–Crippen MR) is 95.1 cm³/mol. The summed E-state index contributed by atoms with van der Waals surface area (Å²) in [5.74, 6) is 0.712. The van der Waals surface area contributed by atoms with Crippen LogP contribution in [0.3, 0.4) is 0 Å². The average molecular weight is 337 g/mol. The largest absolute Gasteiger partial charge is 0.458 e. The second-order valence-corrected chi connectivity index (χ2v) is 8.72. The Morgan fingerprint density at radius 2 is 1.95 bits per heavy atom. The van der Waals surface area contributed by atoms with Crippen LogP contribution in [-0.4, -0.2) is 12.1 Å². The minimum atomic E-state index is -0.120. The molecule has 2 heterocycles. The lowest BCUT2D eigenvalue weighted by Gasteiger charge is -2.27. The minimum Gasteiger partial charge on any atom is -0.458 e. The molecule has 0 aliphatic heterocycles. The Kier molecular flexibility index (Phi) is 5.19. The molecule has 2 aromatic rings. The molecule has 3 rings (SSSR count). The molecule has 4 heteroatoms. The Bertz CT molecular complexity index is 601. The maximum Gasteiger partial charge on any atom is 0.348 e. The first-order valence-electron chi connectivity index (χ1n) is 8.42. The molecule has 0 atom stereocenters. The maximum absolute atomic E-state index is 12.3. The highest BCUT2D eigenvalue weighted by Crippen LogP contribution is 2.35. The number of fused-ring (bicyclic) bond motifs is 1. The molecular formula is C18H24O2S2. The molecule has 0 amide bonds. The highest BCUT2D eigenvalue weighted by Gasteiger charge is 2.24. The van der Waals surface area contributed by atoms with Gasteiger partial charge in [0.2, 0.25) is 0 Å². The maximum atomic E-state index is 12.3. The Morgan fingerprint density at radius 1 is 1.18 bits per heavy atom. The van der Waals surface area contributed by atoms with E-state index in [4.69, 9.17) is 4.74 Å². The van der Waals surface area contributed by atoms with Gasteiger partial charge in [-0.25, -0.2) is 4.79 Å². The molecule has 0 saturated heterocycles. The number of esters is 1. The molecule has 1 fully saturated rings. The van der Waals surface area contributed by atoms with Gasteiger partial charge in [-0.15, -0.1) is 22.7 Å². The zero-order chi connectivity index (χ0) is 15.5. The van der Waals surface area contributed by atoms with Crippen molar-refractivity contribution in [3.05, 3.63) is 21.9 Å². The van der Waals surface area contributed by atoms with Crippen LogP contribution in [0.4, 0.5) is 0 Å². The van der Waals surface area contributed by atoms with Crippen molar-refractivity contribution in [1.82, 2.24) is 0 Å². The SMILES string of the molecule is CCCc1cc2cc(C(=O)O[C@H]3CC[C@H](CC)CC3)sc2s1. The second-order valence-electron chi connectivity index (χ2n) is 6.27. The lowest BCUT2D eigenvalue weighted by Crippen LogP contribution is -2.24. The van der Waals surface area contributed by atoms with Crippen LogP contribution in [0.1, 0.15) is 66.9 Å². The van der Waals surface area contributed by atoms with E-state index in [0.29, 0.717) is 0 Å². The van der Waals surface area contributed by atoms with Gasteiger partial charge in [-0.1, -0.05) is 26.7 Å². The monoisotopic (exact) mass is 336 g/mol. The van der Waals surface area contributed by atoms with Crippen molar-refractivity contribution < 1.29 is 9.53 Å². The van der Waals surface area contributed by atoms with Crippen molar-refractivity contribution in [3.8, 4) is 0 Å². The van der Waals surface area contributed by atoms with Gasteiger partial charge in [-0.3, -0.25) is 0 Å². The summed E-state index contributed by atoms with van der Waals surface area (Å²) in [6.07, 6.45) is 8.15. The highest BCUT2D eigenvalue weighted by atomic mass is 32.2. The summed E-state index contributed by atoms with van der Waals surface area (Å²) < 4.78 is 6.98. The third kappa shape index (κ3) is 3.54. The number of thiophene rings is 2. The molecule has 0 aromatic carbocycles. The fourth-order valence-corrected chi connectivity index (χ4v) is 5.70. The molecule has 0 radical (unpaired) electrons. The second kappa shape index (κ2) is 7.14. The first kappa shape index (κ1) is 16.0. The summed E-state index contributed by atoms with van der Waals surface area (Å²) in [6.45, 7) is 4.45. The number of ether oxygens (including phenoxy) is 1. The Morgan fingerprint density at radius 3 is 2.59 bits per heavy atom. The predicted octanol–water partition coefficient (Wildman–Crippen LogP) is 6.04. The van der Waals surface area contributed by atoms with Crippen molar-refractivity contribution in [2.24, 2.45) is 5.92 Å². The summed E-state index contributed by atoms with van der Waals surface area (Å²) >= 11 is 3.41. The lowest BCUT2D eigenvalue weighted by molar-refractivity contribution is 0.0170. The van der Waals surface area contributed by atoms with E-state index in [0.717, 1.165) is 30.1 Å². The number of hydrogen-bond acceptors (Lipinski definition) is 4. The standard InChI is InChI=1S/C18H24O2S2/c1-3-5-15-10-13-11-16(22-18(13)21-15)17(19)20-14-8-6-12(4-2)7-9-14/h10-12,14H,3-9H2,1-2H3/t12-,14-. The molecule has 22 heavy (non-hydrogen) atoms. The Balaban J connectivity index is 1.61. The summed E-state index contributed by atoms with van der Waals surface area (Å²) in [5.41, 5.74) is 0. The normalized spacial score (nSPS) is 22.1. The zero-order valence-electron chi connectivity index (χ0n) is 13.4. The summed E-state index contributed by atoms with van der Waals surface area (Å²) in [7, 11) is 0. The molecule has 0 unspecified atom stereocenters. The summed E-state index contributed by atoms with van der Waals surface area (Å²) in [4.78, 5) is 14.5. The number of aryl methyl sites for hydroxylation is 1. The van der Waals surface area contributed by atoms with Gasteiger partial charge < -0.3 is 4.74 Å². The average Bonchev–Trinajstić information content (AvgIpc) is 3.07. The van der Waals surface area contributed by atoms with Crippen LogP contribution in [-0.2, 0) is 11.2 Å². The fraction of sp³-hybridized carbons (Fsp3) is 0.611. The van der Waals surface area contributed by atoms with Crippen LogP contribution in [0.25, 0.3) is 9.40 Å². The summed E-state index contributed by atoms with van der Waals surface area (Å²) in [6, 6.07) is 4.24. The number of carbonyl (C=O) groups is 1. The van der Waals surface area contributed by atoms with Gasteiger partial charge in [0.15, 0.2) is 0 Å². The van der Waals surface area contributed by atoms with E-state index in [1.54, 1.807) is 11.3 Å². The summed E-state index contributed by atoms with van der Waals surface area (Å²) in [5, 5.41) is 1.21. The quantitative estimate of drug-likeness (QED) is 0.622. The molecule has 1 aliphatic carbocycles. The Hall–Kier alpha value is -0.870. The van der Waals surface area contributed by atoms with Crippen LogP contribution in [0, 0.1) is 5.92 Å². The van der Waals surface area contributed by atoms with E-state index in [1.807, 2.05) is 17.4 Å². The topological polar surface area (TPSA) is 26.3 Å². The van der Waals surface area contributed by atoms with E-state index in [9.17, 15) is 4.79 Å². The van der Waals surface area contributed by atoms with E-state index < -0.39 is 0 Å². The molecule has 0 N–H and O–H groups in total. The zero-order valence-corrected chi connectivity index (χ0v) is 15.0.